The third-order valence-electron chi connectivity index (χ3n) is 3.40. The summed E-state index contributed by atoms with van der Waals surface area (Å²) in [5.74, 6) is 0.133. The van der Waals surface area contributed by atoms with Gasteiger partial charge in [0.25, 0.3) is 0 Å². The molecule has 0 amide bonds. The van der Waals surface area contributed by atoms with Gasteiger partial charge in [-0.05, 0) is 24.6 Å². The maximum Gasteiger partial charge on any atom is 0.387 e. The highest BCUT2D eigenvalue weighted by atomic mass is 19.3. The van der Waals surface area contributed by atoms with Gasteiger partial charge in [-0.1, -0.05) is 12.1 Å². The predicted molar refractivity (Wildman–Crippen MR) is 69.9 cm³/mol. The fraction of sp³-hybridized carbons (Fsp3) is 0.571. The number of alkyl halides is 2. The van der Waals surface area contributed by atoms with E-state index in [1.807, 2.05) is 13.0 Å². The zero-order valence-electron chi connectivity index (χ0n) is 11.3. The lowest BCUT2D eigenvalue weighted by atomic mass is 10.0. The summed E-state index contributed by atoms with van der Waals surface area (Å²) in [5, 5.41) is 13.3. The van der Waals surface area contributed by atoms with Crippen LogP contribution in [0.15, 0.2) is 24.3 Å². The van der Waals surface area contributed by atoms with Crippen LogP contribution in [0, 0.1) is 0 Å². The average Bonchev–Trinajstić information content (AvgIpc) is 2.83. The molecule has 1 aromatic carbocycles. The molecule has 1 aliphatic rings. The van der Waals surface area contributed by atoms with E-state index in [1.54, 1.807) is 12.1 Å². The second-order valence-corrected chi connectivity index (χ2v) is 5.08. The van der Waals surface area contributed by atoms with Gasteiger partial charge < -0.3 is 19.9 Å². The predicted octanol–water partition coefficient (Wildman–Crippen LogP) is 2.09. The van der Waals surface area contributed by atoms with E-state index in [0.29, 0.717) is 26.2 Å². The molecule has 1 aromatic rings. The molecule has 0 spiro atoms. The number of aliphatic hydroxyl groups is 1. The van der Waals surface area contributed by atoms with Crippen LogP contribution in [0.25, 0.3) is 0 Å². The first-order valence-electron chi connectivity index (χ1n) is 6.57. The van der Waals surface area contributed by atoms with Gasteiger partial charge in [0.2, 0.25) is 0 Å². The Bertz CT molecular complexity index is 436. The van der Waals surface area contributed by atoms with Crippen LogP contribution >= 0.6 is 0 Å². The van der Waals surface area contributed by atoms with Gasteiger partial charge in [0.1, 0.15) is 11.4 Å². The zero-order valence-corrected chi connectivity index (χ0v) is 11.3. The van der Waals surface area contributed by atoms with E-state index in [4.69, 9.17) is 4.74 Å². The Balaban J connectivity index is 1.93. The largest absolute Gasteiger partial charge is 0.435 e. The molecule has 1 saturated heterocycles. The molecule has 0 bridgehead atoms. The second kappa shape index (κ2) is 6.47. The summed E-state index contributed by atoms with van der Waals surface area (Å²) in [6, 6.07) is 6.46. The maximum atomic E-state index is 12.2. The summed E-state index contributed by atoms with van der Waals surface area (Å²) in [5.41, 5.74) is -0.0172. The third kappa shape index (κ3) is 4.13. The molecule has 1 aliphatic heterocycles. The topological polar surface area (TPSA) is 50.7 Å². The Hall–Kier alpha value is -1.24. The van der Waals surface area contributed by atoms with Crippen LogP contribution in [0.3, 0.4) is 0 Å². The summed E-state index contributed by atoms with van der Waals surface area (Å²) < 4.78 is 33.9. The van der Waals surface area contributed by atoms with Gasteiger partial charge in [-0.15, -0.1) is 0 Å². The molecule has 2 N–H and O–H groups in total. The van der Waals surface area contributed by atoms with Crippen molar-refractivity contribution >= 4 is 0 Å². The standard InChI is InChI=1S/C14H19F2NO3/c1-10(17-8-14(18)5-6-19-9-14)11-3-2-4-12(7-11)20-13(15)16/h2-4,7,10,13,17-18H,5-6,8-9H2,1H3. The molecular weight excluding hydrogens is 268 g/mol. The van der Waals surface area contributed by atoms with Crippen LogP contribution in [0.5, 0.6) is 5.75 Å². The highest BCUT2D eigenvalue weighted by molar-refractivity contribution is 5.30. The van der Waals surface area contributed by atoms with E-state index in [0.717, 1.165) is 5.56 Å². The van der Waals surface area contributed by atoms with Gasteiger partial charge in [-0.25, -0.2) is 0 Å². The van der Waals surface area contributed by atoms with Crippen molar-refractivity contribution < 1.29 is 23.4 Å². The molecule has 112 valence electrons. The lowest BCUT2D eigenvalue weighted by Gasteiger charge is -2.24. The van der Waals surface area contributed by atoms with E-state index in [-0.39, 0.29) is 11.8 Å². The third-order valence-corrected chi connectivity index (χ3v) is 3.40. The number of rotatable bonds is 6. The van der Waals surface area contributed by atoms with Gasteiger partial charge >= 0.3 is 6.61 Å². The average molecular weight is 287 g/mol. The van der Waals surface area contributed by atoms with Crippen molar-refractivity contribution in [2.75, 3.05) is 19.8 Å². The smallest absolute Gasteiger partial charge is 0.387 e. The highest BCUT2D eigenvalue weighted by Crippen LogP contribution is 2.22. The maximum absolute atomic E-state index is 12.2. The van der Waals surface area contributed by atoms with E-state index in [2.05, 4.69) is 10.1 Å². The lowest BCUT2D eigenvalue weighted by molar-refractivity contribution is -0.0499. The first kappa shape index (κ1) is 15.2. The van der Waals surface area contributed by atoms with Crippen LogP contribution in [-0.4, -0.2) is 37.1 Å². The van der Waals surface area contributed by atoms with Gasteiger partial charge in [0.05, 0.1) is 6.61 Å². The molecule has 0 radical (unpaired) electrons. The Kier molecular flexibility index (Phi) is 4.91. The lowest BCUT2D eigenvalue weighted by Crippen LogP contribution is -2.41. The van der Waals surface area contributed by atoms with Gasteiger partial charge in [0, 0.05) is 25.6 Å². The molecule has 0 aliphatic carbocycles. The van der Waals surface area contributed by atoms with E-state index in [9.17, 15) is 13.9 Å². The zero-order chi connectivity index (χ0) is 14.6. The Morgan fingerprint density at radius 1 is 1.50 bits per heavy atom. The number of halogens is 2. The molecule has 2 unspecified atom stereocenters. The number of hydrogen-bond acceptors (Lipinski definition) is 4. The summed E-state index contributed by atoms with van der Waals surface area (Å²) >= 11 is 0. The first-order chi connectivity index (χ1) is 9.48. The highest BCUT2D eigenvalue weighted by Gasteiger charge is 2.32. The van der Waals surface area contributed by atoms with E-state index >= 15 is 0 Å². The fourth-order valence-electron chi connectivity index (χ4n) is 2.16. The molecule has 20 heavy (non-hydrogen) atoms. The van der Waals surface area contributed by atoms with Crippen LogP contribution in [0.2, 0.25) is 0 Å². The Morgan fingerprint density at radius 3 is 2.95 bits per heavy atom. The molecule has 1 fully saturated rings. The second-order valence-electron chi connectivity index (χ2n) is 5.08. The summed E-state index contributed by atoms with van der Waals surface area (Å²) in [6.07, 6.45) is 0.598. The van der Waals surface area contributed by atoms with Crippen molar-refractivity contribution in [1.82, 2.24) is 5.32 Å². The molecular formula is C14H19F2NO3. The van der Waals surface area contributed by atoms with E-state index < -0.39 is 12.2 Å². The van der Waals surface area contributed by atoms with Crippen molar-refractivity contribution in [1.29, 1.82) is 0 Å². The first-order valence-corrected chi connectivity index (χ1v) is 6.57. The minimum atomic E-state index is -2.83. The molecule has 0 saturated carbocycles. The van der Waals surface area contributed by atoms with Crippen LogP contribution in [-0.2, 0) is 4.74 Å². The molecule has 2 atom stereocenters. The normalized spacial score (nSPS) is 24.1. The number of ether oxygens (including phenoxy) is 2. The molecule has 2 rings (SSSR count). The van der Waals surface area contributed by atoms with Gasteiger partial charge in [0.15, 0.2) is 0 Å². The molecule has 6 heteroatoms. The SMILES string of the molecule is CC(NCC1(O)CCOC1)c1cccc(OC(F)F)c1. The Morgan fingerprint density at radius 2 is 2.30 bits per heavy atom. The number of benzene rings is 1. The van der Waals surface area contributed by atoms with Crippen molar-refractivity contribution in [3.05, 3.63) is 29.8 Å². The van der Waals surface area contributed by atoms with Crippen molar-refractivity contribution in [3.8, 4) is 5.75 Å². The summed E-state index contributed by atoms with van der Waals surface area (Å²) in [6.45, 7) is 0.352. The Labute approximate surface area is 116 Å². The summed E-state index contributed by atoms with van der Waals surface area (Å²) in [7, 11) is 0. The van der Waals surface area contributed by atoms with Crippen LogP contribution in [0.4, 0.5) is 8.78 Å². The molecule has 4 nitrogen and oxygen atoms in total. The minimum Gasteiger partial charge on any atom is -0.435 e. The molecule has 1 heterocycles. The number of nitrogens with one attached hydrogen (secondary N) is 1. The molecule has 0 aromatic heterocycles. The minimum absolute atomic E-state index is 0.0825. The van der Waals surface area contributed by atoms with Gasteiger partial charge in [-0.3, -0.25) is 0 Å². The van der Waals surface area contributed by atoms with E-state index in [1.165, 1.54) is 6.07 Å². The quantitative estimate of drug-likeness (QED) is 0.841. The van der Waals surface area contributed by atoms with Crippen molar-refractivity contribution in [2.45, 2.75) is 31.6 Å². The van der Waals surface area contributed by atoms with Crippen LogP contribution < -0.4 is 10.1 Å². The monoisotopic (exact) mass is 287 g/mol. The summed E-state index contributed by atoms with van der Waals surface area (Å²) in [4.78, 5) is 0. The van der Waals surface area contributed by atoms with Crippen molar-refractivity contribution in [2.24, 2.45) is 0 Å². The van der Waals surface area contributed by atoms with Crippen molar-refractivity contribution in [3.63, 3.8) is 0 Å². The van der Waals surface area contributed by atoms with Gasteiger partial charge in [-0.2, -0.15) is 8.78 Å². The van der Waals surface area contributed by atoms with Crippen LogP contribution in [0.1, 0.15) is 24.9 Å². The fourth-order valence-corrected chi connectivity index (χ4v) is 2.16. The number of hydrogen-bond donors (Lipinski definition) is 2.